The highest BCUT2D eigenvalue weighted by Gasteiger charge is 2.38. The van der Waals surface area contributed by atoms with Crippen LogP contribution in [0.2, 0.25) is 0 Å². The summed E-state index contributed by atoms with van der Waals surface area (Å²) in [5.74, 6) is 0.876. The third kappa shape index (κ3) is 2.56. The van der Waals surface area contributed by atoms with Gasteiger partial charge in [-0.2, -0.15) is 0 Å². The standard InChI is InChI=1S/C14H22N2S/c15-9-14(11-3-1-4-11)16(12-6-7-12)10-13-5-2-8-17-13/h2,5,8,11-12,14H,1,3-4,6-7,9-10,15H2. The second-order valence-corrected chi connectivity index (χ2v) is 6.51. The van der Waals surface area contributed by atoms with Gasteiger partial charge >= 0.3 is 0 Å². The molecule has 2 aliphatic rings. The molecule has 2 fully saturated rings. The fourth-order valence-corrected chi connectivity index (χ4v) is 3.64. The molecule has 3 rings (SSSR count). The van der Waals surface area contributed by atoms with Gasteiger partial charge in [0.05, 0.1) is 0 Å². The molecule has 0 saturated heterocycles. The summed E-state index contributed by atoms with van der Waals surface area (Å²) in [6.07, 6.45) is 6.98. The summed E-state index contributed by atoms with van der Waals surface area (Å²) in [6.45, 7) is 1.97. The Labute approximate surface area is 108 Å². The van der Waals surface area contributed by atoms with E-state index in [1.807, 2.05) is 11.3 Å². The van der Waals surface area contributed by atoms with E-state index >= 15 is 0 Å². The van der Waals surface area contributed by atoms with Gasteiger partial charge in [0, 0.05) is 30.1 Å². The molecular weight excluding hydrogens is 228 g/mol. The summed E-state index contributed by atoms with van der Waals surface area (Å²) in [5, 5.41) is 2.18. The lowest BCUT2D eigenvalue weighted by Gasteiger charge is -2.40. The van der Waals surface area contributed by atoms with Crippen molar-refractivity contribution in [1.29, 1.82) is 0 Å². The molecule has 1 atom stereocenters. The molecule has 1 unspecified atom stereocenters. The molecule has 1 heterocycles. The van der Waals surface area contributed by atoms with Gasteiger partial charge in [0.1, 0.15) is 0 Å². The molecule has 2 nitrogen and oxygen atoms in total. The Kier molecular flexibility index (Phi) is 3.50. The third-order valence-electron chi connectivity index (χ3n) is 4.30. The maximum atomic E-state index is 6.04. The van der Waals surface area contributed by atoms with E-state index in [4.69, 9.17) is 5.73 Å². The van der Waals surface area contributed by atoms with E-state index in [9.17, 15) is 0 Å². The first-order valence-corrected chi connectivity index (χ1v) is 7.74. The van der Waals surface area contributed by atoms with Gasteiger partial charge in [-0.25, -0.2) is 0 Å². The smallest absolute Gasteiger partial charge is 0.0334 e. The lowest BCUT2D eigenvalue weighted by molar-refractivity contribution is 0.0877. The van der Waals surface area contributed by atoms with Crippen LogP contribution >= 0.6 is 11.3 Å². The molecule has 0 spiro atoms. The molecule has 0 amide bonds. The lowest BCUT2D eigenvalue weighted by atomic mass is 9.79. The molecule has 0 bridgehead atoms. The van der Waals surface area contributed by atoms with Crippen molar-refractivity contribution in [3.63, 3.8) is 0 Å². The topological polar surface area (TPSA) is 29.3 Å². The molecule has 0 aliphatic heterocycles. The van der Waals surface area contributed by atoms with Crippen molar-refractivity contribution in [2.24, 2.45) is 11.7 Å². The van der Waals surface area contributed by atoms with Crippen LogP contribution < -0.4 is 5.73 Å². The van der Waals surface area contributed by atoms with Crippen molar-refractivity contribution in [2.45, 2.75) is 50.7 Å². The minimum Gasteiger partial charge on any atom is -0.329 e. The van der Waals surface area contributed by atoms with Crippen molar-refractivity contribution in [1.82, 2.24) is 4.90 Å². The summed E-state index contributed by atoms with van der Waals surface area (Å²) >= 11 is 1.88. The van der Waals surface area contributed by atoms with E-state index in [1.165, 1.54) is 37.0 Å². The quantitative estimate of drug-likeness (QED) is 0.841. The van der Waals surface area contributed by atoms with Gasteiger partial charge in [-0.3, -0.25) is 4.90 Å². The third-order valence-corrected chi connectivity index (χ3v) is 5.16. The molecule has 0 aromatic carbocycles. The molecule has 94 valence electrons. The minimum atomic E-state index is 0.637. The van der Waals surface area contributed by atoms with Gasteiger partial charge in [0.15, 0.2) is 0 Å². The van der Waals surface area contributed by atoms with Crippen LogP contribution in [0, 0.1) is 5.92 Å². The fraction of sp³-hybridized carbons (Fsp3) is 0.714. The normalized spacial score (nSPS) is 22.7. The van der Waals surface area contributed by atoms with Crippen molar-refractivity contribution < 1.29 is 0 Å². The molecule has 2 N–H and O–H groups in total. The average molecular weight is 250 g/mol. The highest BCUT2D eigenvalue weighted by Crippen LogP contribution is 2.38. The summed E-state index contributed by atoms with van der Waals surface area (Å²) in [6, 6.07) is 5.88. The van der Waals surface area contributed by atoms with Crippen molar-refractivity contribution in [2.75, 3.05) is 6.54 Å². The molecule has 2 saturated carbocycles. The van der Waals surface area contributed by atoms with Gasteiger partial charge < -0.3 is 5.73 Å². The van der Waals surface area contributed by atoms with Gasteiger partial charge in [-0.05, 0) is 43.0 Å². The fourth-order valence-electron chi connectivity index (χ4n) is 2.93. The minimum absolute atomic E-state index is 0.637. The van der Waals surface area contributed by atoms with E-state index in [0.717, 1.165) is 25.0 Å². The van der Waals surface area contributed by atoms with Crippen molar-refractivity contribution in [3.05, 3.63) is 22.4 Å². The molecule has 3 heteroatoms. The van der Waals surface area contributed by atoms with E-state index in [-0.39, 0.29) is 0 Å². The Bertz CT molecular complexity index is 341. The Morgan fingerprint density at radius 2 is 2.18 bits per heavy atom. The number of rotatable bonds is 6. The average Bonchev–Trinajstić information content (AvgIpc) is 2.99. The Morgan fingerprint density at radius 1 is 1.35 bits per heavy atom. The molecule has 2 aliphatic carbocycles. The highest BCUT2D eigenvalue weighted by atomic mass is 32.1. The molecule has 1 aromatic heterocycles. The van der Waals surface area contributed by atoms with Crippen LogP contribution in [-0.2, 0) is 6.54 Å². The monoisotopic (exact) mass is 250 g/mol. The van der Waals surface area contributed by atoms with Crippen LogP contribution in [0.15, 0.2) is 17.5 Å². The van der Waals surface area contributed by atoms with E-state index in [0.29, 0.717) is 6.04 Å². The zero-order chi connectivity index (χ0) is 11.7. The maximum absolute atomic E-state index is 6.04. The number of thiophene rings is 1. The van der Waals surface area contributed by atoms with E-state index in [1.54, 1.807) is 0 Å². The van der Waals surface area contributed by atoms with Crippen molar-refractivity contribution >= 4 is 11.3 Å². The van der Waals surface area contributed by atoms with Crippen LogP contribution in [-0.4, -0.2) is 23.5 Å². The summed E-state index contributed by atoms with van der Waals surface area (Å²) in [7, 11) is 0. The zero-order valence-electron chi connectivity index (χ0n) is 10.3. The van der Waals surface area contributed by atoms with Gasteiger partial charge in [-0.1, -0.05) is 12.5 Å². The molecule has 0 radical (unpaired) electrons. The first kappa shape index (κ1) is 11.7. The number of nitrogens with two attached hydrogens (primary N) is 1. The molecule has 1 aromatic rings. The van der Waals surface area contributed by atoms with Gasteiger partial charge in [0.2, 0.25) is 0 Å². The Hall–Kier alpha value is -0.380. The summed E-state index contributed by atoms with van der Waals surface area (Å²) in [5.41, 5.74) is 6.04. The van der Waals surface area contributed by atoms with Crippen LogP contribution in [0.3, 0.4) is 0 Å². The van der Waals surface area contributed by atoms with Crippen LogP contribution in [0.25, 0.3) is 0 Å². The maximum Gasteiger partial charge on any atom is 0.0334 e. The van der Waals surface area contributed by atoms with Crippen LogP contribution in [0.4, 0.5) is 0 Å². The molecule has 17 heavy (non-hydrogen) atoms. The summed E-state index contributed by atoms with van der Waals surface area (Å²) < 4.78 is 0. The van der Waals surface area contributed by atoms with Gasteiger partial charge in [0.25, 0.3) is 0 Å². The van der Waals surface area contributed by atoms with Crippen LogP contribution in [0.5, 0.6) is 0 Å². The largest absolute Gasteiger partial charge is 0.329 e. The Balaban J connectivity index is 1.69. The number of nitrogens with zero attached hydrogens (tertiary/aromatic N) is 1. The predicted molar refractivity (Wildman–Crippen MR) is 73.1 cm³/mol. The lowest BCUT2D eigenvalue weighted by Crippen LogP contribution is -2.48. The second-order valence-electron chi connectivity index (χ2n) is 5.48. The second kappa shape index (κ2) is 5.09. The summed E-state index contributed by atoms with van der Waals surface area (Å²) in [4.78, 5) is 4.20. The van der Waals surface area contributed by atoms with Gasteiger partial charge in [-0.15, -0.1) is 11.3 Å². The SMILES string of the molecule is NCC(C1CCC1)N(Cc1cccs1)C1CC1. The van der Waals surface area contributed by atoms with Crippen LogP contribution in [0.1, 0.15) is 37.0 Å². The Morgan fingerprint density at radius 3 is 2.65 bits per heavy atom. The molecular formula is C14H22N2S. The van der Waals surface area contributed by atoms with Crippen molar-refractivity contribution in [3.8, 4) is 0 Å². The predicted octanol–water partition coefficient (Wildman–Crippen LogP) is 2.84. The number of hydrogen-bond donors (Lipinski definition) is 1. The first-order valence-electron chi connectivity index (χ1n) is 6.86. The van der Waals surface area contributed by atoms with E-state index < -0.39 is 0 Å². The van der Waals surface area contributed by atoms with E-state index in [2.05, 4.69) is 22.4 Å². The first-order chi connectivity index (χ1) is 8.38. The zero-order valence-corrected chi connectivity index (χ0v) is 11.2. The number of hydrogen-bond acceptors (Lipinski definition) is 3. The highest BCUT2D eigenvalue weighted by molar-refractivity contribution is 7.09.